The van der Waals surface area contributed by atoms with Crippen LogP contribution in [0.15, 0.2) is 10.6 Å². The lowest BCUT2D eigenvalue weighted by molar-refractivity contribution is -0.136. The maximum Gasteiger partial charge on any atom is 0.316 e. The standard InChI is InChI=1S/C11H16N2O4S/c1-6(2)8-4-10(17-13-8)12-9(14)5-18-7(3)11(15)16/h4,6-7H,5H2,1-3H3,(H,12,14)(H,15,16). The quantitative estimate of drug-likeness (QED) is 0.822. The van der Waals surface area contributed by atoms with Crippen molar-refractivity contribution in [3.63, 3.8) is 0 Å². The first kappa shape index (κ1) is 14.6. The summed E-state index contributed by atoms with van der Waals surface area (Å²) in [7, 11) is 0. The lowest BCUT2D eigenvalue weighted by Gasteiger charge is -2.04. The molecule has 0 saturated carbocycles. The largest absolute Gasteiger partial charge is 0.480 e. The number of anilines is 1. The molecule has 1 atom stereocenters. The topological polar surface area (TPSA) is 92.4 Å². The van der Waals surface area contributed by atoms with Gasteiger partial charge in [0.1, 0.15) is 0 Å². The molecule has 1 aromatic rings. The zero-order valence-electron chi connectivity index (χ0n) is 10.5. The van der Waals surface area contributed by atoms with Gasteiger partial charge in [0.25, 0.3) is 0 Å². The third kappa shape index (κ3) is 4.40. The second-order valence-electron chi connectivity index (χ2n) is 4.11. The first-order valence-electron chi connectivity index (χ1n) is 5.51. The molecule has 0 saturated heterocycles. The Bertz CT molecular complexity index is 430. The molecule has 1 rings (SSSR count). The van der Waals surface area contributed by atoms with E-state index in [0.29, 0.717) is 0 Å². The van der Waals surface area contributed by atoms with E-state index in [1.54, 1.807) is 6.07 Å². The molecule has 0 radical (unpaired) electrons. The number of hydrogen-bond acceptors (Lipinski definition) is 5. The predicted molar refractivity (Wildman–Crippen MR) is 68.8 cm³/mol. The summed E-state index contributed by atoms with van der Waals surface area (Å²) in [5.74, 6) is -0.673. The summed E-state index contributed by atoms with van der Waals surface area (Å²) in [5.41, 5.74) is 0.761. The molecule has 100 valence electrons. The van der Waals surface area contributed by atoms with Crippen molar-refractivity contribution in [3.05, 3.63) is 11.8 Å². The number of carboxylic acids is 1. The van der Waals surface area contributed by atoms with E-state index in [2.05, 4.69) is 10.5 Å². The third-order valence-corrected chi connectivity index (χ3v) is 3.33. The number of nitrogens with zero attached hydrogens (tertiary/aromatic N) is 1. The molecular formula is C11H16N2O4S. The minimum absolute atomic E-state index is 0.0607. The van der Waals surface area contributed by atoms with E-state index < -0.39 is 11.2 Å². The second kappa shape index (κ2) is 6.44. The van der Waals surface area contributed by atoms with Crippen molar-refractivity contribution < 1.29 is 19.2 Å². The van der Waals surface area contributed by atoms with Crippen molar-refractivity contribution >= 4 is 29.5 Å². The van der Waals surface area contributed by atoms with Crippen molar-refractivity contribution in [2.45, 2.75) is 31.9 Å². The Morgan fingerprint density at radius 3 is 2.67 bits per heavy atom. The normalized spacial score (nSPS) is 12.4. The molecule has 0 spiro atoms. The van der Waals surface area contributed by atoms with Crippen LogP contribution in [0, 0.1) is 0 Å². The summed E-state index contributed by atoms with van der Waals surface area (Å²) in [6.07, 6.45) is 0. The zero-order chi connectivity index (χ0) is 13.7. The van der Waals surface area contributed by atoms with Crippen LogP contribution < -0.4 is 5.32 Å². The fourth-order valence-corrected chi connectivity index (χ4v) is 1.68. The molecule has 2 N–H and O–H groups in total. The maximum absolute atomic E-state index is 11.5. The number of thioether (sulfide) groups is 1. The average molecular weight is 272 g/mol. The molecule has 18 heavy (non-hydrogen) atoms. The van der Waals surface area contributed by atoms with Crippen LogP contribution in [0.5, 0.6) is 0 Å². The van der Waals surface area contributed by atoms with Gasteiger partial charge in [0.2, 0.25) is 11.8 Å². The number of rotatable bonds is 6. The van der Waals surface area contributed by atoms with E-state index in [4.69, 9.17) is 9.63 Å². The number of carboxylic acid groups (broad SMARTS) is 1. The molecule has 1 unspecified atom stereocenters. The van der Waals surface area contributed by atoms with Gasteiger partial charge in [-0.2, -0.15) is 0 Å². The number of aromatic nitrogens is 1. The predicted octanol–water partition coefficient (Wildman–Crippen LogP) is 1.94. The van der Waals surface area contributed by atoms with Crippen LogP contribution in [0.4, 0.5) is 5.88 Å². The summed E-state index contributed by atoms with van der Waals surface area (Å²) < 4.78 is 4.94. The van der Waals surface area contributed by atoms with E-state index >= 15 is 0 Å². The van der Waals surface area contributed by atoms with Gasteiger partial charge in [0, 0.05) is 6.07 Å². The number of carbonyl (C=O) groups is 2. The van der Waals surface area contributed by atoms with Crippen LogP contribution in [0.25, 0.3) is 0 Å². The van der Waals surface area contributed by atoms with Gasteiger partial charge < -0.3 is 9.63 Å². The Kier molecular flexibility index (Phi) is 5.21. The fourth-order valence-electron chi connectivity index (χ4n) is 1.07. The Labute approximate surface area is 109 Å². The Hall–Kier alpha value is -1.50. The van der Waals surface area contributed by atoms with Crippen LogP contribution in [0.1, 0.15) is 32.4 Å². The molecule has 0 aliphatic carbocycles. The third-order valence-electron chi connectivity index (χ3n) is 2.19. The maximum atomic E-state index is 11.5. The minimum Gasteiger partial charge on any atom is -0.480 e. The Balaban J connectivity index is 2.42. The van der Waals surface area contributed by atoms with Gasteiger partial charge in [-0.05, 0) is 12.8 Å². The smallest absolute Gasteiger partial charge is 0.316 e. The van der Waals surface area contributed by atoms with Crippen LogP contribution in [-0.4, -0.2) is 33.1 Å². The second-order valence-corrected chi connectivity index (χ2v) is 5.44. The van der Waals surface area contributed by atoms with Crippen LogP contribution in [0.2, 0.25) is 0 Å². The van der Waals surface area contributed by atoms with Gasteiger partial charge in [0.15, 0.2) is 0 Å². The summed E-state index contributed by atoms with van der Waals surface area (Å²) in [5, 5.41) is 14.4. The van der Waals surface area contributed by atoms with Gasteiger partial charge in [-0.1, -0.05) is 19.0 Å². The first-order valence-corrected chi connectivity index (χ1v) is 6.56. The molecule has 1 amide bonds. The van der Waals surface area contributed by atoms with Gasteiger partial charge in [0.05, 0.1) is 16.7 Å². The van der Waals surface area contributed by atoms with E-state index in [0.717, 1.165) is 17.5 Å². The number of carbonyl (C=O) groups excluding carboxylic acids is 1. The van der Waals surface area contributed by atoms with Crippen LogP contribution >= 0.6 is 11.8 Å². The molecule has 0 aliphatic heterocycles. The summed E-state index contributed by atoms with van der Waals surface area (Å²) in [6, 6.07) is 1.66. The van der Waals surface area contributed by atoms with Crippen molar-refractivity contribution in [3.8, 4) is 0 Å². The van der Waals surface area contributed by atoms with E-state index in [9.17, 15) is 9.59 Å². The SMILES string of the molecule is CC(SCC(=O)Nc1cc(C(C)C)no1)C(=O)O. The molecule has 0 aliphatic rings. The average Bonchev–Trinajstić information content (AvgIpc) is 2.74. The molecule has 7 heteroatoms. The lowest BCUT2D eigenvalue weighted by atomic mass is 10.1. The highest BCUT2D eigenvalue weighted by molar-refractivity contribution is 8.01. The van der Waals surface area contributed by atoms with E-state index in [1.165, 1.54) is 6.92 Å². The van der Waals surface area contributed by atoms with Crippen molar-refractivity contribution in [2.75, 3.05) is 11.1 Å². The molecule has 1 heterocycles. The number of hydrogen-bond donors (Lipinski definition) is 2. The monoisotopic (exact) mass is 272 g/mol. The van der Waals surface area contributed by atoms with Gasteiger partial charge in [-0.25, -0.2) is 0 Å². The highest BCUT2D eigenvalue weighted by Crippen LogP contribution is 2.18. The number of aliphatic carboxylic acids is 1. The highest BCUT2D eigenvalue weighted by atomic mass is 32.2. The number of nitrogens with one attached hydrogen (secondary N) is 1. The van der Waals surface area contributed by atoms with Crippen molar-refractivity contribution in [1.29, 1.82) is 0 Å². The zero-order valence-corrected chi connectivity index (χ0v) is 11.3. The molecular weight excluding hydrogens is 256 g/mol. The van der Waals surface area contributed by atoms with Crippen molar-refractivity contribution in [1.82, 2.24) is 5.16 Å². The molecule has 6 nitrogen and oxygen atoms in total. The lowest BCUT2D eigenvalue weighted by Crippen LogP contribution is -2.19. The Morgan fingerprint density at radius 1 is 1.50 bits per heavy atom. The van der Waals surface area contributed by atoms with Crippen LogP contribution in [0.3, 0.4) is 0 Å². The van der Waals surface area contributed by atoms with Gasteiger partial charge in [-0.15, -0.1) is 11.8 Å². The highest BCUT2D eigenvalue weighted by Gasteiger charge is 2.15. The van der Waals surface area contributed by atoms with Gasteiger partial charge >= 0.3 is 5.97 Å². The van der Waals surface area contributed by atoms with Crippen LogP contribution in [-0.2, 0) is 9.59 Å². The molecule has 0 aromatic carbocycles. The molecule has 1 aromatic heterocycles. The summed E-state index contributed by atoms with van der Waals surface area (Å²) in [4.78, 5) is 22.1. The summed E-state index contributed by atoms with van der Waals surface area (Å²) >= 11 is 1.05. The van der Waals surface area contributed by atoms with Gasteiger partial charge in [-0.3, -0.25) is 14.9 Å². The Morgan fingerprint density at radius 2 is 2.17 bits per heavy atom. The number of amides is 1. The summed E-state index contributed by atoms with van der Waals surface area (Å²) in [6.45, 7) is 5.47. The molecule has 0 fully saturated rings. The molecule has 0 bridgehead atoms. The minimum atomic E-state index is -0.936. The fraction of sp³-hybridized carbons (Fsp3) is 0.545. The van der Waals surface area contributed by atoms with Crippen molar-refractivity contribution in [2.24, 2.45) is 0 Å². The first-order chi connectivity index (χ1) is 8.40. The van der Waals surface area contributed by atoms with E-state index in [-0.39, 0.29) is 23.5 Å². The van der Waals surface area contributed by atoms with E-state index in [1.807, 2.05) is 13.8 Å².